The molecule has 0 aromatic heterocycles. The largest absolute Gasteiger partial charge is 0.395 e. The van der Waals surface area contributed by atoms with Crippen molar-refractivity contribution in [2.24, 2.45) is 5.92 Å². The minimum Gasteiger partial charge on any atom is -0.395 e. The highest BCUT2D eigenvalue weighted by atomic mass is 16.3. The second-order valence-electron chi connectivity index (χ2n) is 4.33. The van der Waals surface area contributed by atoms with Gasteiger partial charge in [0.1, 0.15) is 0 Å². The van der Waals surface area contributed by atoms with Crippen LogP contribution in [0.1, 0.15) is 19.3 Å². The van der Waals surface area contributed by atoms with Crippen LogP contribution in [-0.4, -0.2) is 61.1 Å². The Morgan fingerprint density at radius 3 is 2.40 bits per heavy atom. The van der Waals surface area contributed by atoms with E-state index in [2.05, 4.69) is 10.2 Å². The van der Waals surface area contributed by atoms with E-state index in [0.29, 0.717) is 25.0 Å². The molecular formula is C11H24N2O2. The fourth-order valence-corrected chi connectivity index (χ4v) is 2.54. The van der Waals surface area contributed by atoms with Gasteiger partial charge in [-0.2, -0.15) is 0 Å². The summed E-state index contributed by atoms with van der Waals surface area (Å²) in [6.45, 7) is 2.70. The summed E-state index contributed by atoms with van der Waals surface area (Å²) in [4.78, 5) is 2.15. The zero-order chi connectivity index (χ0) is 11.1. The second kappa shape index (κ2) is 7.17. The van der Waals surface area contributed by atoms with Crippen LogP contribution in [0.4, 0.5) is 0 Å². The molecule has 3 N–H and O–H groups in total. The van der Waals surface area contributed by atoms with E-state index in [1.165, 1.54) is 19.3 Å². The van der Waals surface area contributed by atoms with Crippen molar-refractivity contribution in [1.82, 2.24) is 10.2 Å². The minimum absolute atomic E-state index is 0.178. The summed E-state index contributed by atoms with van der Waals surface area (Å²) in [6.07, 6.45) is 3.81. The summed E-state index contributed by atoms with van der Waals surface area (Å²) in [6, 6.07) is 0.616. The Labute approximate surface area is 92.3 Å². The normalized spacial score (nSPS) is 26.4. The van der Waals surface area contributed by atoms with Gasteiger partial charge in [0.05, 0.1) is 13.2 Å². The lowest BCUT2D eigenvalue weighted by Gasteiger charge is -2.27. The van der Waals surface area contributed by atoms with E-state index < -0.39 is 0 Å². The lowest BCUT2D eigenvalue weighted by molar-refractivity contribution is 0.139. The number of aliphatic hydroxyl groups is 2. The van der Waals surface area contributed by atoms with Crippen LogP contribution in [0.5, 0.6) is 0 Å². The quantitative estimate of drug-likeness (QED) is 0.545. The van der Waals surface area contributed by atoms with Gasteiger partial charge in [-0.1, -0.05) is 6.42 Å². The van der Waals surface area contributed by atoms with Crippen LogP contribution in [0.25, 0.3) is 0 Å². The SMILES string of the molecule is CNC1CCCC1CN(CCO)CCO. The van der Waals surface area contributed by atoms with Gasteiger partial charge in [0.15, 0.2) is 0 Å². The Bertz CT molecular complexity index is 161. The molecule has 0 heterocycles. The van der Waals surface area contributed by atoms with Gasteiger partial charge in [0.25, 0.3) is 0 Å². The number of nitrogens with one attached hydrogen (secondary N) is 1. The van der Waals surface area contributed by atoms with Crippen molar-refractivity contribution in [1.29, 1.82) is 0 Å². The van der Waals surface area contributed by atoms with Gasteiger partial charge >= 0.3 is 0 Å². The molecule has 0 amide bonds. The Hall–Kier alpha value is -0.160. The maximum Gasteiger partial charge on any atom is 0.0558 e. The van der Waals surface area contributed by atoms with Crippen LogP contribution in [0.15, 0.2) is 0 Å². The van der Waals surface area contributed by atoms with Crippen LogP contribution in [0.3, 0.4) is 0 Å². The Morgan fingerprint density at radius 2 is 1.87 bits per heavy atom. The maximum absolute atomic E-state index is 8.92. The number of hydrogen-bond donors (Lipinski definition) is 3. The zero-order valence-electron chi connectivity index (χ0n) is 9.65. The predicted molar refractivity (Wildman–Crippen MR) is 60.8 cm³/mol. The van der Waals surface area contributed by atoms with Crippen LogP contribution in [0.2, 0.25) is 0 Å². The van der Waals surface area contributed by atoms with E-state index in [9.17, 15) is 0 Å². The first kappa shape index (κ1) is 12.9. The molecule has 0 spiro atoms. The van der Waals surface area contributed by atoms with Crippen molar-refractivity contribution >= 4 is 0 Å². The standard InChI is InChI=1S/C11H24N2O2/c1-12-11-4-2-3-10(11)9-13(5-7-14)6-8-15/h10-12,14-15H,2-9H2,1H3. The Morgan fingerprint density at radius 1 is 1.20 bits per heavy atom. The van der Waals surface area contributed by atoms with E-state index in [1.54, 1.807) is 0 Å². The molecule has 0 radical (unpaired) electrons. The number of aliphatic hydroxyl groups excluding tert-OH is 2. The smallest absolute Gasteiger partial charge is 0.0558 e. The fraction of sp³-hybridized carbons (Fsp3) is 1.00. The number of hydrogen-bond acceptors (Lipinski definition) is 4. The van der Waals surface area contributed by atoms with Crippen LogP contribution >= 0.6 is 0 Å². The molecule has 1 aliphatic carbocycles. The summed E-state index contributed by atoms with van der Waals surface area (Å²) in [7, 11) is 2.02. The number of rotatable bonds is 7. The zero-order valence-corrected chi connectivity index (χ0v) is 9.65. The van der Waals surface area contributed by atoms with Gasteiger partial charge in [-0.25, -0.2) is 0 Å². The van der Waals surface area contributed by atoms with E-state index in [4.69, 9.17) is 10.2 Å². The summed E-state index contributed by atoms with van der Waals surface area (Å²) < 4.78 is 0. The van der Waals surface area contributed by atoms with E-state index >= 15 is 0 Å². The molecule has 15 heavy (non-hydrogen) atoms. The van der Waals surface area contributed by atoms with Crippen molar-refractivity contribution in [2.45, 2.75) is 25.3 Å². The average Bonchev–Trinajstić information content (AvgIpc) is 2.66. The van der Waals surface area contributed by atoms with Crippen LogP contribution < -0.4 is 5.32 Å². The Balaban J connectivity index is 2.35. The molecule has 0 aromatic carbocycles. The summed E-state index contributed by atoms with van der Waals surface area (Å²) in [5.74, 6) is 0.674. The molecule has 1 rings (SSSR count). The summed E-state index contributed by atoms with van der Waals surface area (Å²) in [5.41, 5.74) is 0. The van der Waals surface area contributed by atoms with Crippen LogP contribution in [-0.2, 0) is 0 Å². The second-order valence-corrected chi connectivity index (χ2v) is 4.33. The van der Waals surface area contributed by atoms with E-state index in [-0.39, 0.29) is 13.2 Å². The lowest BCUT2D eigenvalue weighted by atomic mass is 10.0. The molecule has 0 aromatic rings. The molecule has 2 atom stereocenters. The molecule has 2 unspecified atom stereocenters. The third-order valence-corrected chi connectivity index (χ3v) is 3.36. The third-order valence-electron chi connectivity index (χ3n) is 3.36. The van der Waals surface area contributed by atoms with Crippen molar-refractivity contribution in [3.63, 3.8) is 0 Å². The van der Waals surface area contributed by atoms with Crippen molar-refractivity contribution in [2.75, 3.05) is 39.9 Å². The van der Waals surface area contributed by atoms with Crippen molar-refractivity contribution in [3.8, 4) is 0 Å². The Kier molecular flexibility index (Phi) is 6.17. The molecule has 1 fully saturated rings. The third kappa shape index (κ3) is 4.07. The fourth-order valence-electron chi connectivity index (χ4n) is 2.54. The van der Waals surface area contributed by atoms with Gasteiger partial charge in [-0.3, -0.25) is 4.90 Å². The highest BCUT2D eigenvalue weighted by molar-refractivity contribution is 4.84. The predicted octanol–water partition coefficient (Wildman–Crippen LogP) is -0.339. The first-order valence-corrected chi connectivity index (χ1v) is 5.93. The van der Waals surface area contributed by atoms with Gasteiger partial charge in [0.2, 0.25) is 0 Å². The highest BCUT2D eigenvalue weighted by Gasteiger charge is 2.27. The molecule has 0 aliphatic heterocycles. The van der Waals surface area contributed by atoms with Gasteiger partial charge < -0.3 is 15.5 Å². The molecule has 1 aliphatic rings. The van der Waals surface area contributed by atoms with Gasteiger partial charge in [0, 0.05) is 25.7 Å². The minimum atomic E-state index is 0.178. The molecule has 4 nitrogen and oxygen atoms in total. The first-order chi connectivity index (χ1) is 7.31. The molecule has 0 saturated heterocycles. The van der Waals surface area contributed by atoms with Crippen LogP contribution in [0, 0.1) is 5.92 Å². The van der Waals surface area contributed by atoms with Gasteiger partial charge in [-0.05, 0) is 25.8 Å². The van der Waals surface area contributed by atoms with E-state index in [1.807, 2.05) is 7.05 Å². The van der Waals surface area contributed by atoms with Gasteiger partial charge in [-0.15, -0.1) is 0 Å². The molecule has 90 valence electrons. The molecule has 0 bridgehead atoms. The summed E-state index contributed by atoms with van der Waals surface area (Å²) in [5, 5.41) is 21.2. The summed E-state index contributed by atoms with van der Waals surface area (Å²) >= 11 is 0. The topological polar surface area (TPSA) is 55.7 Å². The highest BCUT2D eigenvalue weighted by Crippen LogP contribution is 2.26. The van der Waals surface area contributed by atoms with E-state index in [0.717, 1.165) is 6.54 Å². The van der Waals surface area contributed by atoms with Crippen molar-refractivity contribution in [3.05, 3.63) is 0 Å². The molecular weight excluding hydrogens is 192 g/mol. The maximum atomic E-state index is 8.92. The average molecular weight is 216 g/mol. The molecule has 4 heteroatoms. The first-order valence-electron chi connectivity index (χ1n) is 5.93. The van der Waals surface area contributed by atoms with Crippen molar-refractivity contribution < 1.29 is 10.2 Å². The lowest BCUT2D eigenvalue weighted by Crippen LogP contribution is -2.40. The molecule has 1 saturated carbocycles. The monoisotopic (exact) mass is 216 g/mol. The number of nitrogens with zero attached hydrogens (tertiary/aromatic N) is 1.